The lowest BCUT2D eigenvalue weighted by Crippen LogP contribution is -2.51. The Morgan fingerprint density at radius 1 is 1.18 bits per heavy atom. The molecular weight excluding hydrogens is 208 g/mol. The van der Waals surface area contributed by atoms with E-state index < -0.39 is 0 Å². The molecule has 2 rings (SSSR count). The summed E-state index contributed by atoms with van der Waals surface area (Å²) in [6, 6.07) is 3.23. The molecule has 0 aromatic heterocycles. The lowest BCUT2D eigenvalue weighted by atomic mass is 9.72. The van der Waals surface area contributed by atoms with Gasteiger partial charge in [0.2, 0.25) is 0 Å². The van der Waals surface area contributed by atoms with Crippen molar-refractivity contribution in [1.29, 1.82) is 5.26 Å². The first-order valence-electron chi connectivity index (χ1n) is 7.34. The summed E-state index contributed by atoms with van der Waals surface area (Å²) >= 11 is 0. The Kier molecular flexibility index (Phi) is 4.09. The van der Waals surface area contributed by atoms with E-state index >= 15 is 0 Å². The van der Waals surface area contributed by atoms with Crippen LogP contribution in [0.25, 0.3) is 0 Å². The van der Waals surface area contributed by atoms with E-state index in [9.17, 15) is 5.26 Å². The molecule has 2 aliphatic carbocycles. The Hall–Kier alpha value is -0.550. The van der Waals surface area contributed by atoms with Gasteiger partial charge in [-0.05, 0) is 43.9 Å². The lowest BCUT2D eigenvalue weighted by Gasteiger charge is -2.40. The van der Waals surface area contributed by atoms with Crippen LogP contribution in [0.1, 0.15) is 65.2 Å². The fourth-order valence-electron chi connectivity index (χ4n) is 3.61. The van der Waals surface area contributed by atoms with Crippen molar-refractivity contribution in [2.75, 3.05) is 0 Å². The maximum atomic E-state index is 9.59. The molecule has 1 N–H and O–H groups in total. The first kappa shape index (κ1) is 12.9. The van der Waals surface area contributed by atoms with Gasteiger partial charge in [0.05, 0.1) is 6.07 Å². The molecule has 2 heteroatoms. The van der Waals surface area contributed by atoms with Crippen molar-refractivity contribution in [3.8, 4) is 6.07 Å². The molecule has 17 heavy (non-hydrogen) atoms. The molecule has 2 unspecified atom stereocenters. The Bertz CT molecular complexity index is 282. The van der Waals surface area contributed by atoms with E-state index in [0.717, 1.165) is 18.8 Å². The van der Waals surface area contributed by atoms with E-state index in [2.05, 4.69) is 25.2 Å². The van der Waals surface area contributed by atoms with Gasteiger partial charge in [0.1, 0.15) is 5.54 Å². The van der Waals surface area contributed by atoms with Gasteiger partial charge in [-0.3, -0.25) is 5.32 Å². The van der Waals surface area contributed by atoms with E-state index in [1.54, 1.807) is 0 Å². The van der Waals surface area contributed by atoms with Crippen LogP contribution in [-0.4, -0.2) is 11.6 Å². The molecule has 2 saturated carbocycles. The number of hydrogen-bond donors (Lipinski definition) is 1. The van der Waals surface area contributed by atoms with Crippen LogP contribution in [0.5, 0.6) is 0 Å². The predicted octanol–water partition coefficient (Wildman–Crippen LogP) is 3.63. The number of nitrogens with zero attached hydrogens (tertiary/aromatic N) is 1. The summed E-state index contributed by atoms with van der Waals surface area (Å²) < 4.78 is 0. The van der Waals surface area contributed by atoms with Gasteiger partial charge >= 0.3 is 0 Å². The Morgan fingerprint density at radius 3 is 2.47 bits per heavy atom. The molecule has 0 aromatic rings. The second kappa shape index (κ2) is 5.40. The molecule has 2 nitrogen and oxygen atoms in total. The normalized spacial score (nSPS) is 35.1. The smallest absolute Gasteiger partial charge is 0.107 e. The summed E-state index contributed by atoms with van der Waals surface area (Å²) in [5.74, 6) is 1.45. The van der Waals surface area contributed by atoms with Crippen LogP contribution >= 0.6 is 0 Å². The van der Waals surface area contributed by atoms with Gasteiger partial charge in [-0.25, -0.2) is 0 Å². The summed E-state index contributed by atoms with van der Waals surface area (Å²) in [6.45, 7) is 4.60. The van der Waals surface area contributed by atoms with Gasteiger partial charge in [0.15, 0.2) is 0 Å². The Balaban J connectivity index is 2.00. The third-order valence-corrected chi connectivity index (χ3v) is 4.78. The number of nitrogens with one attached hydrogen (secondary N) is 1. The molecule has 0 radical (unpaired) electrons. The van der Waals surface area contributed by atoms with Crippen molar-refractivity contribution in [3.05, 3.63) is 0 Å². The zero-order valence-electron chi connectivity index (χ0n) is 11.3. The highest BCUT2D eigenvalue weighted by Crippen LogP contribution is 2.37. The third-order valence-electron chi connectivity index (χ3n) is 4.78. The number of rotatable bonds is 3. The van der Waals surface area contributed by atoms with E-state index in [1.165, 1.54) is 38.5 Å². The first-order valence-corrected chi connectivity index (χ1v) is 7.34. The van der Waals surface area contributed by atoms with E-state index in [-0.39, 0.29) is 5.54 Å². The van der Waals surface area contributed by atoms with Gasteiger partial charge in [0, 0.05) is 6.04 Å². The monoisotopic (exact) mass is 234 g/mol. The highest BCUT2D eigenvalue weighted by atomic mass is 15.0. The highest BCUT2D eigenvalue weighted by Gasteiger charge is 2.39. The van der Waals surface area contributed by atoms with Crippen LogP contribution in [0, 0.1) is 23.2 Å². The summed E-state index contributed by atoms with van der Waals surface area (Å²) in [5, 5.41) is 13.3. The topological polar surface area (TPSA) is 35.8 Å². The minimum Gasteiger partial charge on any atom is -0.297 e. The number of hydrogen-bond acceptors (Lipinski definition) is 2. The molecule has 0 spiro atoms. The van der Waals surface area contributed by atoms with Crippen LogP contribution in [0.15, 0.2) is 0 Å². The summed E-state index contributed by atoms with van der Waals surface area (Å²) in [4.78, 5) is 0. The average molecular weight is 234 g/mol. The van der Waals surface area contributed by atoms with Gasteiger partial charge in [-0.2, -0.15) is 5.26 Å². The zero-order valence-corrected chi connectivity index (χ0v) is 11.3. The third kappa shape index (κ3) is 3.01. The van der Waals surface area contributed by atoms with Crippen LogP contribution in [0.2, 0.25) is 0 Å². The molecular formula is C15H26N2. The molecule has 0 aromatic carbocycles. The summed E-state index contributed by atoms with van der Waals surface area (Å²) in [6.07, 6.45) is 9.88. The van der Waals surface area contributed by atoms with Gasteiger partial charge in [-0.1, -0.05) is 33.1 Å². The van der Waals surface area contributed by atoms with E-state index in [4.69, 9.17) is 0 Å². The molecule has 0 amide bonds. The molecule has 0 heterocycles. The molecule has 96 valence electrons. The summed E-state index contributed by atoms with van der Waals surface area (Å²) in [5.41, 5.74) is -0.206. The highest BCUT2D eigenvalue weighted by molar-refractivity contribution is 5.11. The predicted molar refractivity (Wildman–Crippen MR) is 70.5 cm³/mol. The molecule has 0 saturated heterocycles. The fourth-order valence-corrected chi connectivity index (χ4v) is 3.61. The maximum absolute atomic E-state index is 9.59. The molecule has 0 aliphatic heterocycles. The number of nitriles is 1. The molecule has 2 fully saturated rings. The molecule has 2 aliphatic rings. The van der Waals surface area contributed by atoms with Crippen molar-refractivity contribution >= 4 is 0 Å². The fraction of sp³-hybridized carbons (Fsp3) is 0.933. The maximum Gasteiger partial charge on any atom is 0.107 e. The van der Waals surface area contributed by atoms with Crippen LogP contribution < -0.4 is 5.32 Å². The summed E-state index contributed by atoms with van der Waals surface area (Å²) in [7, 11) is 0. The van der Waals surface area contributed by atoms with Gasteiger partial charge < -0.3 is 0 Å². The Labute approximate surface area is 106 Å². The van der Waals surface area contributed by atoms with Gasteiger partial charge in [-0.15, -0.1) is 0 Å². The average Bonchev–Trinajstić information content (AvgIpc) is 2.82. The standard InChI is InChI=1S/C15H26N2/c1-12(2)13-6-5-9-15(10-13,11-16)17-14-7-3-4-8-14/h12-14,17H,3-10H2,1-2H3. The van der Waals surface area contributed by atoms with Crippen molar-refractivity contribution in [1.82, 2.24) is 5.32 Å². The zero-order chi connectivity index (χ0) is 12.3. The van der Waals surface area contributed by atoms with Crippen molar-refractivity contribution in [3.63, 3.8) is 0 Å². The van der Waals surface area contributed by atoms with Gasteiger partial charge in [0.25, 0.3) is 0 Å². The quantitative estimate of drug-likeness (QED) is 0.809. The Morgan fingerprint density at radius 2 is 1.88 bits per heavy atom. The van der Waals surface area contributed by atoms with Crippen molar-refractivity contribution in [2.24, 2.45) is 11.8 Å². The van der Waals surface area contributed by atoms with Crippen molar-refractivity contribution in [2.45, 2.75) is 76.8 Å². The SMILES string of the molecule is CC(C)C1CCCC(C#N)(NC2CCCC2)C1. The largest absolute Gasteiger partial charge is 0.297 e. The van der Waals surface area contributed by atoms with Crippen LogP contribution in [0.4, 0.5) is 0 Å². The second-order valence-electron chi connectivity index (χ2n) is 6.42. The van der Waals surface area contributed by atoms with Crippen LogP contribution in [0.3, 0.4) is 0 Å². The minimum absolute atomic E-state index is 0.206. The molecule has 2 atom stereocenters. The first-order chi connectivity index (χ1) is 8.15. The minimum atomic E-state index is -0.206. The second-order valence-corrected chi connectivity index (χ2v) is 6.42. The lowest BCUT2D eigenvalue weighted by molar-refractivity contribution is 0.176. The molecule has 0 bridgehead atoms. The van der Waals surface area contributed by atoms with Crippen molar-refractivity contribution < 1.29 is 0 Å². The van der Waals surface area contributed by atoms with Crippen LogP contribution in [-0.2, 0) is 0 Å². The van der Waals surface area contributed by atoms with E-state index in [0.29, 0.717) is 12.0 Å². The van der Waals surface area contributed by atoms with E-state index in [1.807, 2.05) is 0 Å².